The lowest BCUT2D eigenvalue weighted by Crippen LogP contribution is -2.34. The van der Waals surface area contributed by atoms with Crippen molar-refractivity contribution in [1.29, 1.82) is 0 Å². The number of benzene rings is 1. The predicted molar refractivity (Wildman–Crippen MR) is 83.4 cm³/mol. The molecule has 0 N–H and O–H groups in total. The van der Waals surface area contributed by atoms with Gasteiger partial charge >= 0.3 is 5.92 Å². The van der Waals surface area contributed by atoms with Crippen molar-refractivity contribution in [3.05, 3.63) is 23.3 Å². The molecule has 1 aromatic carbocycles. The average Bonchev–Trinajstić information content (AvgIpc) is 2.45. The standard InChI is InChI=1S/C16H23F3N2O/c1-6-21(5)10-20-14-7-12(3)15(8-11(14)2)22-9-16(18,19)13(4)17/h7-8,10,13H,6,9H2,1-5H3/b20-10+. The monoisotopic (exact) mass is 316 g/mol. The number of alkyl halides is 3. The Bertz CT molecular complexity index is 530. The second-order valence-electron chi connectivity index (χ2n) is 5.39. The fourth-order valence-electron chi connectivity index (χ4n) is 1.60. The molecule has 1 atom stereocenters. The molecule has 1 unspecified atom stereocenters. The summed E-state index contributed by atoms with van der Waals surface area (Å²) in [6.45, 7) is 6.25. The molecule has 1 aromatic rings. The van der Waals surface area contributed by atoms with E-state index in [9.17, 15) is 13.2 Å². The summed E-state index contributed by atoms with van der Waals surface area (Å²) in [5, 5.41) is 0. The van der Waals surface area contributed by atoms with E-state index in [0.717, 1.165) is 24.7 Å². The molecule has 124 valence electrons. The third-order valence-corrected chi connectivity index (χ3v) is 3.39. The van der Waals surface area contributed by atoms with Crippen molar-refractivity contribution < 1.29 is 17.9 Å². The van der Waals surface area contributed by atoms with E-state index in [2.05, 4.69) is 4.99 Å². The highest BCUT2D eigenvalue weighted by atomic mass is 19.3. The first-order valence-electron chi connectivity index (χ1n) is 7.17. The SMILES string of the molecule is CCN(C)/C=N/c1cc(C)c(OCC(F)(F)C(C)F)cc1C. The Morgan fingerprint density at radius 1 is 1.32 bits per heavy atom. The van der Waals surface area contributed by atoms with Gasteiger partial charge in [0, 0.05) is 13.6 Å². The van der Waals surface area contributed by atoms with Gasteiger partial charge in [-0.05, 0) is 51.0 Å². The first-order chi connectivity index (χ1) is 10.2. The van der Waals surface area contributed by atoms with Crippen LogP contribution in [0, 0.1) is 13.8 Å². The van der Waals surface area contributed by atoms with Gasteiger partial charge in [-0.15, -0.1) is 0 Å². The normalized spacial score (nSPS) is 13.5. The molecule has 0 saturated carbocycles. The lowest BCUT2D eigenvalue weighted by molar-refractivity contribution is -0.0942. The van der Waals surface area contributed by atoms with Gasteiger partial charge in [-0.3, -0.25) is 0 Å². The van der Waals surface area contributed by atoms with Gasteiger partial charge in [0.25, 0.3) is 0 Å². The summed E-state index contributed by atoms with van der Waals surface area (Å²) in [4.78, 5) is 6.27. The zero-order valence-electron chi connectivity index (χ0n) is 13.7. The topological polar surface area (TPSA) is 24.8 Å². The summed E-state index contributed by atoms with van der Waals surface area (Å²) in [6.07, 6.45) is -0.538. The molecule has 0 aliphatic heterocycles. The van der Waals surface area contributed by atoms with Gasteiger partial charge in [0.05, 0.1) is 12.0 Å². The third kappa shape index (κ3) is 4.93. The van der Waals surface area contributed by atoms with Gasteiger partial charge in [0.15, 0.2) is 12.8 Å². The number of halogens is 3. The van der Waals surface area contributed by atoms with Crippen molar-refractivity contribution in [3.63, 3.8) is 0 Å². The van der Waals surface area contributed by atoms with E-state index in [1.165, 1.54) is 0 Å². The fraction of sp³-hybridized carbons (Fsp3) is 0.562. The summed E-state index contributed by atoms with van der Waals surface area (Å²) < 4.78 is 44.4. The fourth-order valence-corrected chi connectivity index (χ4v) is 1.60. The summed E-state index contributed by atoms with van der Waals surface area (Å²) in [7, 11) is 1.91. The van der Waals surface area contributed by atoms with E-state index in [-0.39, 0.29) is 0 Å². The quantitative estimate of drug-likeness (QED) is 0.554. The number of rotatable bonds is 7. The van der Waals surface area contributed by atoms with E-state index in [1.54, 1.807) is 25.4 Å². The molecule has 0 bridgehead atoms. The van der Waals surface area contributed by atoms with Gasteiger partial charge in [-0.2, -0.15) is 8.78 Å². The number of aryl methyl sites for hydroxylation is 2. The molecule has 6 heteroatoms. The number of ether oxygens (including phenoxy) is 1. The smallest absolute Gasteiger partial charge is 0.311 e. The zero-order chi connectivity index (χ0) is 16.9. The van der Waals surface area contributed by atoms with Crippen LogP contribution < -0.4 is 4.74 Å². The van der Waals surface area contributed by atoms with Gasteiger partial charge in [-0.1, -0.05) is 0 Å². The molecule has 0 aromatic heterocycles. The van der Waals surface area contributed by atoms with Crippen LogP contribution in [-0.4, -0.2) is 43.5 Å². The van der Waals surface area contributed by atoms with Crippen LogP contribution in [-0.2, 0) is 0 Å². The van der Waals surface area contributed by atoms with Crippen LogP contribution >= 0.6 is 0 Å². The number of aliphatic imine (C=N–C) groups is 1. The lowest BCUT2D eigenvalue weighted by Gasteiger charge is -2.19. The summed E-state index contributed by atoms with van der Waals surface area (Å²) >= 11 is 0. The van der Waals surface area contributed by atoms with Crippen molar-refractivity contribution >= 4 is 12.0 Å². The molecule has 1 rings (SSSR count). The Morgan fingerprint density at radius 3 is 2.50 bits per heavy atom. The van der Waals surface area contributed by atoms with Crippen molar-refractivity contribution in [1.82, 2.24) is 4.90 Å². The number of hydrogen-bond acceptors (Lipinski definition) is 2. The summed E-state index contributed by atoms with van der Waals surface area (Å²) in [6, 6.07) is 3.41. The van der Waals surface area contributed by atoms with Gasteiger partial charge in [-0.25, -0.2) is 9.38 Å². The van der Waals surface area contributed by atoms with Crippen LogP contribution in [0.1, 0.15) is 25.0 Å². The molecular weight excluding hydrogens is 293 g/mol. The molecule has 0 radical (unpaired) electrons. The number of nitrogens with zero attached hydrogens (tertiary/aromatic N) is 2. The van der Waals surface area contributed by atoms with Crippen LogP contribution in [0.2, 0.25) is 0 Å². The van der Waals surface area contributed by atoms with Crippen molar-refractivity contribution in [2.45, 2.75) is 39.8 Å². The molecule has 0 amide bonds. The van der Waals surface area contributed by atoms with Crippen LogP contribution in [0.15, 0.2) is 17.1 Å². The highest BCUT2D eigenvalue weighted by Crippen LogP contribution is 2.30. The van der Waals surface area contributed by atoms with Crippen molar-refractivity contribution in [3.8, 4) is 5.75 Å². The summed E-state index contributed by atoms with van der Waals surface area (Å²) in [5.41, 5.74) is 2.23. The highest BCUT2D eigenvalue weighted by Gasteiger charge is 2.38. The highest BCUT2D eigenvalue weighted by molar-refractivity contribution is 5.64. The molecule has 0 heterocycles. The van der Waals surface area contributed by atoms with Crippen LogP contribution in [0.25, 0.3) is 0 Å². The zero-order valence-corrected chi connectivity index (χ0v) is 13.7. The summed E-state index contributed by atoms with van der Waals surface area (Å²) in [5.74, 6) is -3.18. The third-order valence-electron chi connectivity index (χ3n) is 3.39. The van der Waals surface area contributed by atoms with E-state index in [1.807, 2.05) is 25.8 Å². The second kappa shape index (κ2) is 7.51. The van der Waals surface area contributed by atoms with E-state index in [4.69, 9.17) is 4.74 Å². The van der Waals surface area contributed by atoms with Gasteiger partial charge in [0.2, 0.25) is 0 Å². The first kappa shape index (κ1) is 18.3. The Hall–Kier alpha value is -1.72. The van der Waals surface area contributed by atoms with E-state index < -0.39 is 18.7 Å². The largest absolute Gasteiger partial charge is 0.487 e. The Kier molecular flexibility index (Phi) is 6.26. The van der Waals surface area contributed by atoms with Crippen molar-refractivity contribution in [2.24, 2.45) is 4.99 Å². The Balaban J connectivity index is 2.88. The average molecular weight is 316 g/mol. The molecule has 22 heavy (non-hydrogen) atoms. The first-order valence-corrected chi connectivity index (χ1v) is 7.17. The minimum absolute atomic E-state index is 0.320. The minimum Gasteiger partial charge on any atom is -0.487 e. The van der Waals surface area contributed by atoms with Crippen LogP contribution in [0.4, 0.5) is 18.9 Å². The Morgan fingerprint density at radius 2 is 1.95 bits per heavy atom. The maximum Gasteiger partial charge on any atom is 0.311 e. The molecule has 0 spiro atoms. The molecule has 0 fully saturated rings. The molecule has 0 aliphatic rings. The van der Waals surface area contributed by atoms with Gasteiger partial charge < -0.3 is 9.64 Å². The Labute approximate surface area is 129 Å². The van der Waals surface area contributed by atoms with E-state index in [0.29, 0.717) is 11.3 Å². The minimum atomic E-state index is -3.50. The predicted octanol–water partition coefficient (Wildman–Crippen LogP) is 4.29. The van der Waals surface area contributed by atoms with Gasteiger partial charge in [0.1, 0.15) is 5.75 Å². The lowest BCUT2D eigenvalue weighted by atomic mass is 10.1. The molecule has 0 aliphatic carbocycles. The van der Waals surface area contributed by atoms with Crippen molar-refractivity contribution in [2.75, 3.05) is 20.2 Å². The van der Waals surface area contributed by atoms with Crippen LogP contribution in [0.3, 0.4) is 0 Å². The maximum atomic E-state index is 13.3. The second-order valence-corrected chi connectivity index (χ2v) is 5.39. The maximum absolute atomic E-state index is 13.3. The van der Waals surface area contributed by atoms with E-state index >= 15 is 0 Å². The number of hydrogen-bond donors (Lipinski definition) is 0. The van der Waals surface area contributed by atoms with Crippen LogP contribution in [0.5, 0.6) is 5.75 Å². The molecule has 0 saturated heterocycles. The molecule has 3 nitrogen and oxygen atoms in total. The molecular formula is C16H23F3N2O.